The zero-order valence-electron chi connectivity index (χ0n) is 13.7. The summed E-state index contributed by atoms with van der Waals surface area (Å²) in [6.45, 7) is -3.94. The number of hydrogen-bond acceptors (Lipinski definition) is 6. The van der Waals surface area contributed by atoms with Gasteiger partial charge >= 0.3 is 54.9 Å². The Morgan fingerprint density at radius 1 is 0.484 bits per heavy atom. The highest BCUT2D eigenvalue weighted by Crippen LogP contribution is 2.50. The fourth-order valence-electron chi connectivity index (χ4n) is 1.19. The van der Waals surface area contributed by atoms with Gasteiger partial charge in [-0.1, -0.05) is 0 Å². The molecule has 0 atom stereocenters. The van der Waals surface area contributed by atoms with Crippen molar-refractivity contribution in [3.8, 4) is 0 Å². The third-order valence-electron chi connectivity index (χ3n) is 2.84. The highest BCUT2D eigenvalue weighted by atomic mass is 32.2. The van der Waals surface area contributed by atoms with Crippen LogP contribution in [0.25, 0.3) is 0 Å². The Bertz CT molecular complexity index is 770. The summed E-state index contributed by atoms with van der Waals surface area (Å²) in [5.74, 6) is -14.4. The lowest BCUT2D eigenvalue weighted by atomic mass is 10.3. The first-order chi connectivity index (χ1) is 13.2. The van der Waals surface area contributed by atoms with Crippen LogP contribution in [0.1, 0.15) is 6.42 Å². The molecule has 0 aliphatic heterocycles. The maximum atomic E-state index is 13.0. The quantitative estimate of drug-likeness (QED) is 0.239. The van der Waals surface area contributed by atoms with E-state index >= 15 is 0 Å². The van der Waals surface area contributed by atoms with E-state index in [0.29, 0.717) is 0 Å². The molecule has 0 unspecified atom stereocenters. The predicted molar refractivity (Wildman–Crippen MR) is 66.3 cm³/mol. The summed E-state index contributed by atoms with van der Waals surface area (Å²) >= 11 is 0. The number of hydrogen-bond donors (Lipinski definition) is 0. The van der Waals surface area contributed by atoms with Gasteiger partial charge in [-0.25, -0.2) is 0 Å². The van der Waals surface area contributed by atoms with Crippen LogP contribution in [0.15, 0.2) is 0 Å². The summed E-state index contributed by atoms with van der Waals surface area (Å²) in [6, 6.07) is 0. The smallest absolute Gasteiger partial charge is 0.265 e. The highest BCUT2D eigenvalue weighted by molar-refractivity contribution is 7.88. The first-order valence-corrected chi connectivity index (χ1v) is 9.45. The molecule has 0 spiro atoms. The van der Waals surface area contributed by atoms with Crippen molar-refractivity contribution in [2.45, 2.75) is 41.1 Å². The van der Waals surface area contributed by atoms with Crippen LogP contribution in [0.2, 0.25) is 0 Å². The van der Waals surface area contributed by atoms with Crippen molar-refractivity contribution < 1.29 is 86.7 Å². The van der Waals surface area contributed by atoms with Crippen molar-refractivity contribution >= 4 is 20.2 Å². The largest absolute Gasteiger partial charge is 0.461 e. The van der Waals surface area contributed by atoms with Gasteiger partial charge in [0, 0.05) is 0 Å². The Hall–Kier alpha value is -1.16. The predicted octanol–water partition coefficient (Wildman–Crippen LogP) is 3.65. The lowest BCUT2D eigenvalue weighted by Gasteiger charge is -2.27. The molecule has 0 aromatic carbocycles. The third-order valence-corrected chi connectivity index (χ3v) is 5.56. The van der Waals surface area contributed by atoms with Gasteiger partial charge in [-0.3, -0.25) is 8.37 Å². The molecule has 0 bridgehead atoms. The number of rotatable bonds is 10. The van der Waals surface area contributed by atoms with E-state index in [9.17, 15) is 78.3 Å². The van der Waals surface area contributed by atoms with E-state index in [-0.39, 0.29) is 0 Å². The Morgan fingerprint density at radius 2 is 0.710 bits per heavy atom. The molecule has 0 rings (SSSR count). The first kappa shape index (κ1) is 29.8. The van der Waals surface area contributed by atoms with Gasteiger partial charge in [-0.15, -0.1) is 0 Å². The molecule has 22 heteroatoms. The zero-order valence-corrected chi connectivity index (χ0v) is 15.3. The summed E-state index contributed by atoms with van der Waals surface area (Å²) in [5.41, 5.74) is 0. The molecule has 6 nitrogen and oxygen atoms in total. The second-order valence-corrected chi connectivity index (χ2v) is 8.40. The molecule has 188 valence electrons. The van der Waals surface area contributed by atoms with Crippen molar-refractivity contribution in [1.82, 2.24) is 0 Å². The van der Waals surface area contributed by atoms with Gasteiger partial charge in [0.05, 0.1) is 13.2 Å². The van der Waals surface area contributed by atoms with Crippen LogP contribution in [0, 0.1) is 0 Å². The Balaban J connectivity index is 5.19. The van der Waals surface area contributed by atoms with E-state index < -0.39 is 74.6 Å². The molecule has 0 saturated heterocycles. The Kier molecular flexibility index (Phi) is 8.01. The summed E-state index contributed by atoms with van der Waals surface area (Å²) < 4.78 is 223. The minimum atomic E-state index is -7.19. The van der Waals surface area contributed by atoms with Crippen LogP contribution in [0.5, 0.6) is 0 Å². The Labute approximate surface area is 162 Å². The second-order valence-electron chi connectivity index (χ2n) is 5.08. The van der Waals surface area contributed by atoms with Crippen molar-refractivity contribution in [3.05, 3.63) is 0 Å². The lowest BCUT2D eigenvalue weighted by Crippen LogP contribution is -2.56. The maximum absolute atomic E-state index is 13.0. The van der Waals surface area contributed by atoms with E-state index in [1.54, 1.807) is 0 Å². The van der Waals surface area contributed by atoms with Crippen LogP contribution in [0.4, 0.5) is 61.5 Å². The average molecular weight is 540 g/mol. The summed E-state index contributed by atoms with van der Waals surface area (Å²) in [7, 11) is -14.2. The average Bonchev–Trinajstić information content (AvgIpc) is 2.51. The van der Waals surface area contributed by atoms with Crippen LogP contribution in [-0.2, 0) is 28.6 Å². The van der Waals surface area contributed by atoms with Gasteiger partial charge in [-0.05, 0) is 6.42 Å². The summed E-state index contributed by atoms with van der Waals surface area (Å²) in [5, 5.41) is -13.9. The van der Waals surface area contributed by atoms with Gasteiger partial charge in [0.15, 0.2) is 0 Å². The molecular weight excluding hydrogens is 534 g/mol. The van der Waals surface area contributed by atoms with Gasteiger partial charge in [0.2, 0.25) is 0 Å². The maximum Gasteiger partial charge on any atom is 0.461 e. The standard InChI is InChI=1S/C9H6F14O6S2/c10-4(11,6(14,15)16)8(20,21)30(24,25)28-2-1-3-29-31(26,27)9(22,23)5(12,13)7(17,18)19/h1-3H2. The third kappa shape index (κ3) is 5.26. The van der Waals surface area contributed by atoms with Gasteiger partial charge in [0.25, 0.3) is 0 Å². The molecule has 0 N–H and O–H groups in total. The monoisotopic (exact) mass is 540 g/mol. The minimum Gasteiger partial charge on any atom is -0.265 e. The SMILES string of the molecule is O=S(=O)(OCCCOS(=O)(=O)C(F)(F)C(F)(F)C(F)(F)F)C(F)(F)C(F)(F)C(F)(F)F. The lowest BCUT2D eigenvalue weighted by molar-refractivity contribution is -0.333. The molecule has 0 aromatic heterocycles. The molecule has 0 radical (unpaired) electrons. The molecule has 0 aliphatic rings. The number of alkyl halides is 14. The van der Waals surface area contributed by atoms with Crippen LogP contribution < -0.4 is 0 Å². The topological polar surface area (TPSA) is 86.7 Å². The van der Waals surface area contributed by atoms with Gasteiger partial charge in [-0.2, -0.15) is 78.3 Å². The van der Waals surface area contributed by atoms with E-state index in [1.165, 1.54) is 0 Å². The highest BCUT2D eigenvalue weighted by Gasteiger charge is 2.80. The van der Waals surface area contributed by atoms with Crippen molar-refractivity contribution in [3.63, 3.8) is 0 Å². The molecule has 0 amide bonds. The minimum absolute atomic E-state index is 1.57. The summed E-state index contributed by atoms with van der Waals surface area (Å²) in [6.07, 6.45) is -15.8. The molecular formula is C9H6F14O6S2. The molecule has 31 heavy (non-hydrogen) atoms. The fourth-order valence-corrected chi connectivity index (χ4v) is 3.02. The van der Waals surface area contributed by atoms with Crippen molar-refractivity contribution in [2.75, 3.05) is 13.2 Å². The van der Waals surface area contributed by atoms with Crippen molar-refractivity contribution in [2.24, 2.45) is 0 Å². The van der Waals surface area contributed by atoms with Crippen molar-refractivity contribution in [1.29, 1.82) is 0 Å². The Morgan fingerprint density at radius 3 is 0.903 bits per heavy atom. The van der Waals surface area contributed by atoms with Crippen LogP contribution >= 0.6 is 0 Å². The van der Waals surface area contributed by atoms with Crippen LogP contribution in [0.3, 0.4) is 0 Å². The molecule has 0 fully saturated rings. The van der Waals surface area contributed by atoms with E-state index in [4.69, 9.17) is 0 Å². The van der Waals surface area contributed by atoms with Crippen LogP contribution in [-0.4, -0.2) is 64.8 Å². The summed E-state index contributed by atoms with van der Waals surface area (Å²) in [4.78, 5) is 0. The zero-order chi connectivity index (χ0) is 25.5. The normalized spacial score (nSPS) is 15.9. The van der Waals surface area contributed by atoms with Gasteiger partial charge in [0.1, 0.15) is 0 Å². The molecule has 0 aliphatic carbocycles. The fraction of sp³-hybridized carbons (Fsp3) is 1.00. The van der Waals surface area contributed by atoms with E-state index in [1.807, 2.05) is 0 Å². The first-order valence-electron chi connectivity index (χ1n) is 6.63. The molecule has 0 saturated carbocycles. The molecule has 0 heterocycles. The molecule has 0 aromatic rings. The number of halogens is 14. The van der Waals surface area contributed by atoms with Gasteiger partial charge < -0.3 is 0 Å². The second kappa shape index (κ2) is 8.32. The van der Waals surface area contributed by atoms with E-state index in [2.05, 4.69) is 8.37 Å². The van der Waals surface area contributed by atoms with E-state index in [0.717, 1.165) is 0 Å².